The van der Waals surface area contributed by atoms with E-state index in [1.54, 1.807) is 11.3 Å². The van der Waals surface area contributed by atoms with Crippen LogP contribution in [0, 0.1) is 0 Å². The molecule has 1 aromatic rings. The molecule has 0 spiro atoms. The van der Waals surface area contributed by atoms with Crippen LogP contribution in [-0.4, -0.2) is 11.1 Å². The molecule has 1 aromatic heterocycles. The molecule has 0 aliphatic rings. The van der Waals surface area contributed by atoms with Crippen LogP contribution in [0.25, 0.3) is 0 Å². The minimum Gasteiger partial charge on any atom is -0.320 e. The van der Waals surface area contributed by atoms with Gasteiger partial charge in [0.15, 0.2) is 4.80 Å². The lowest BCUT2D eigenvalue weighted by Gasteiger charge is -2.03. The van der Waals surface area contributed by atoms with E-state index in [0.29, 0.717) is 5.88 Å². The molecule has 0 aliphatic carbocycles. The lowest BCUT2D eigenvalue weighted by Crippen LogP contribution is -2.17. The van der Waals surface area contributed by atoms with Gasteiger partial charge >= 0.3 is 0 Å². The first-order chi connectivity index (χ1) is 6.83. The number of thiazole rings is 1. The van der Waals surface area contributed by atoms with Gasteiger partial charge in [0.05, 0.1) is 5.88 Å². The molecule has 0 unspecified atom stereocenters. The second-order valence-corrected chi connectivity index (χ2v) is 4.28. The Morgan fingerprint density at radius 2 is 2.13 bits per heavy atom. The normalized spacial score (nSPS) is 11.5. The predicted octanol–water partition coefficient (Wildman–Crippen LogP) is 3.43. The Hall–Kier alpha value is 0.01000. The summed E-state index contributed by atoms with van der Waals surface area (Å²) in [5.74, 6) is 0.581. The van der Waals surface area contributed by atoms with Crippen LogP contribution in [0.4, 0.5) is 0 Å². The molecular weight excluding hydrogens is 251 g/mol. The molecule has 0 amide bonds. The third-order valence-corrected chi connectivity index (χ3v) is 3.16. The number of rotatable bonds is 5. The average molecular weight is 269 g/mol. The number of hydrogen-bond acceptors (Lipinski definition) is 2. The first-order valence-corrected chi connectivity index (χ1v) is 6.48. The van der Waals surface area contributed by atoms with Crippen molar-refractivity contribution in [2.75, 3.05) is 6.54 Å². The van der Waals surface area contributed by atoms with Gasteiger partial charge < -0.3 is 4.57 Å². The van der Waals surface area contributed by atoms with Crippen molar-refractivity contribution in [1.29, 1.82) is 0 Å². The molecule has 0 saturated heterocycles. The zero-order valence-electron chi connectivity index (χ0n) is 9.20. The van der Waals surface area contributed by atoms with E-state index in [2.05, 4.69) is 28.8 Å². The second kappa shape index (κ2) is 8.20. The van der Waals surface area contributed by atoms with Crippen LogP contribution >= 0.6 is 35.3 Å². The highest BCUT2D eigenvalue weighted by molar-refractivity contribution is 7.07. The van der Waals surface area contributed by atoms with Gasteiger partial charge in [0.2, 0.25) is 0 Å². The predicted molar refractivity (Wildman–Crippen MR) is 70.1 cm³/mol. The molecule has 0 bridgehead atoms. The summed E-state index contributed by atoms with van der Waals surface area (Å²) in [7, 11) is 0. The van der Waals surface area contributed by atoms with Gasteiger partial charge in [-0.2, -0.15) is 0 Å². The fourth-order valence-electron chi connectivity index (χ4n) is 1.27. The first kappa shape index (κ1) is 15.0. The third-order valence-electron chi connectivity index (χ3n) is 1.93. The minimum absolute atomic E-state index is 0. The monoisotopic (exact) mass is 268 g/mol. The van der Waals surface area contributed by atoms with E-state index < -0.39 is 0 Å². The summed E-state index contributed by atoms with van der Waals surface area (Å²) < 4.78 is 2.23. The van der Waals surface area contributed by atoms with Gasteiger partial charge in [-0.25, -0.2) is 0 Å². The highest BCUT2D eigenvalue weighted by atomic mass is 35.5. The summed E-state index contributed by atoms with van der Waals surface area (Å²) in [6.07, 6.45) is 2.22. The largest absolute Gasteiger partial charge is 0.320 e. The molecule has 2 nitrogen and oxygen atoms in total. The highest BCUT2D eigenvalue weighted by Crippen LogP contribution is 2.06. The van der Waals surface area contributed by atoms with Crippen molar-refractivity contribution in [2.24, 2.45) is 4.99 Å². The molecule has 0 fully saturated rings. The second-order valence-electron chi connectivity index (χ2n) is 3.18. The lowest BCUT2D eigenvalue weighted by atomic mass is 10.4. The Balaban J connectivity index is 0.00000196. The molecule has 0 aromatic carbocycles. The van der Waals surface area contributed by atoms with Crippen LogP contribution in [0.1, 0.15) is 32.4 Å². The minimum atomic E-state index is 0. The van der Waals surface area contributed by atoms with Crippen molar-refractivity contribution in [2.45, 2.75) is 39.1 Å². The Bertz CT molecular complexity index is 330. The van der Waals surface area contributed by atoms with Crippen molar-refractivity contribution in [3.63, 3.8) is 0 Å². The fraction of sp³-hybridized carbons (Fsp3) is 0.700. The number of nitrogens with zero attached hydrogens (tertiary/aromatic N) is 2. The van der Waals surface area contributed by atoms with Gasteiger partial charge in [0.1, 0.15) is 0 Å². The van der Waals surface area contributed by atoms with Gasteiger partial charge in [-0.15, -0.1) is 35.3 Å². The number of alkyl halides is 1. The standard InChI is InChI=1S/C10H17ClN2S.ClH/c1-3-5-12-10-13(6-4-2)9(7-11)8-14-10;/h8H,3-7H2,1-2H3;1H. The van der Waals surface area contributed by atoms with Crippen LogP contribution in [0.15, 0.2) is 10.4 Å². The summed E-state index contributed by atoms with van der Waals surface area (Å²) in [5, 5.41) is 2.11. The SMILES string of the molecule is CCCN=c1scc(CCl)n1CCC.Cl. The van der Waals surface area contributed by atoms with E-state index in [0.717, 1.165) is 30.7 Å². The molecule has 0 aliphatic heterocycles. The van der Waals surface area contributed by atoms with Crippen LogP contribution in [-0.2, 0) is 12.4 Å². The van der Waals surface area contributed by atoms with Gasteiger partial charge in [0.25, 0.3) is 0 Å². The maximum Gasteiger partial charge on any atom is 0.184 e. The smallest absolute Gasteiger partial charge is 0.184 e. The van der Waals surface area contributed by atoms with Crippen molar-refractivity contribution in [3.05, 3.63) is 15.9 Å². The Morgan fingerprint density at radius 3 is 2.67 bits per heavy atom. The molecule has 0 saturated carbocycles. The Morgan fingerprint density at radius 1 is 1.40 bits per heavy atom. The summed E-state index contributed by atoms with van der Waals surface area (Å²) >= 11 is 7.55. The average Bonchev–Trinajstić information content (AvgIpc) is 2.58. The van der Waals surface area contributed by atoms with E-state index >= 15 is 0 Å². The molecular formula is C10H18Cl2N2S. The van der Waals surface area contributed by atoms with Gasteiger partial charge in [-0.05, 0) is 12.8 Å². The van der Waals surface area contributed by atoms with Crippen molar-refractivity contribution >= 4 is 35.3 Å². The molecule has 0 N–H and O–H groups in total. The van der Waals surface area contributed by atoms with E-state index in [1.807, 2.05) is 0 Å². The zero-order valence-corrected chi connectivity index (χ0v) is 11.6. The topological polar surface area (TPSA) is 17.3 Å². The third kappa shape index (κ3) is 4.17. The molecule has 15 heavy (non-hydrogen) atoms. The zero-order chi connectivity index (χ0) is 10.4. The first-order valence-electron chi connectivity index (χ1n) is 5.07. The molecule has 0 atom stereocenters. The molecule has 0 radical (unpaired) electrons. The van der Waals surface area contributed by atoms with Crippen molar-refractivity contribution in [3.8, 4) is 0 Å². The van der Waals surface area contributed by atoms with Crippen LogP contribution in [0.2, 0.25) is 0 Å². The lowest BCUT2D eigenvalue weighted by molar-refractivity contribution is 0.634. The maximum atomic E-state index is 5.86. The van der Waals surface area contributed by atoms with Gasteiger partial charge in [-0.3, -0.25) is 4.99 Å². The Kier molecular flexibility index (Phi) is 8.20. The molecule has 1 heterocycles. The van der Waals surface area contributed by atoms with E-state index in [9.17, 15) is 0 Å². The highest BCUT2D eigenvalue weighted by Gasteiger charge is 2.02. The van der Waals surface area contributed by atoms with E-state index in [1.165, 1.54) is 5.69 Å². The van der Waals surface area contributed by atoms with E-state index in [4.69, 9.17) is 11.6 Å². The van der Waals surface area contributed by atoms with E-state index in [-0.39, 0.29) is 12.4 Å². The summed E-state index contributed by atoms with van der Waals surface area (Å²) in [5.41, 5.74) is 1.19. The van der Waals surface area contributed by atoms with Gasteiger partial charge in [-0.1, -0.05) is 13.8 Å². The fourth-order valence-corrected chi connectivity index (χ4v) is 2.53. The molecule has 88 valence electrons. The summed E-state index contributed by atoms with van der Waals surface area (Å²) in [6, 6.07) is 0. The van der Waals surface area contributed by atoms with Gasteiger partial charge in [0, 0.05) is 24.2 Å². The van der Waals surface area contributed by atoms with Crippen LogP contribution in [0.3, 0.4) is 0 Å². The molecule has 5 heteroatoms. The van der Waals surface area contributed by atoms with Crippen LogP contribution in [0.5, 0.6) is 0 Å². The number of halogens is 2. The maximum absolute atomic E-state index is 5.86. The van der Waals surface area contributed by atoms with Crippen LogP contribution < -0.4 is 4.80 Å². The Labute approximate surface area is 106 Å². The summed E-state index contributed by atoms with van der Waals surface area (Å²) in [4.78, 5) is 5.65. The molecule has 1 rings (SSSR count). The number of aromatic nitrogens is 1. The summed E-state index contributed by atoms with van der Waals surface area (Å²) in [6.45, 7) is 6.25. The number of hydrogen-bond donors (Lipinski definition) is 0. The van der Waals surface area contributed by atoms with Crippen molar-refractivity contribution in [1.82, 2.24) is 4.57 Å². The van der Waals surface area contributed by atoms with Crippen molar-refractivity contribution < 1.29 is 0 Å². The quantitative estimate of drug-likeness (QED) is 0.729.